The maximum Gasteiger partial charge on any atom is 0.573 e. The average Bonchev–Trinajstić information content (AvgIpc) is 2.53. The maximum absolute atomic E-state index is 12.4. The third-order valence-corrected chi connectivity index (χ3v) is 2.86. The number of carbonyl (C=O) groups is 1. The van der Waals surface area contributed by atoms with E-state index in [2.05, 4.69) is 25.7 Å². The van der Waals surface area contributed by atoms with Crippen LogP contribution in [0.4, 0.5) is 13.2 Å². The highest BCUT2D eigenvalue weighted by atomic mass is 19.4. The van der Waals surface area contributed by atoms with Gasteiger partial charge in [-0.15, -0.1) is 13.2 Å². The van der Waals surface area contributed by atoms with E-state index in [4.69, 9.17) is 0 Å². The molecule has 1 amide bonds. The molecule has 134 valence electrons. The second kappa shape index (κ2) is 9.64. The molecule has 0 aliphatic carbocycles. The highest BCUT2D eigenvalue weighted by molar-refractivity contribution is 5.86. The molecule has 1 rings (SSSR count). The van der Waals surface area contributed by atoms with Crippen molar-refractivity contribution in [1.82, 2.24) is 16.0 Å². The van der Waals surface area contributed by atoms with Crippen LogP contribution in [0.2, 0.25) is 0 Å². The summed E-state index contributed by atoms with van der Waals surface area (Å²) in [6.45, 7) is 2.59. The molecule has 0 saturated carbocycles. The third kappa shape index (κ3) is 7.70. The van der Waals surface area contributed by atoms with E-state index in [-0.39, 0.29) is 24.7 Å². The molecule has 0 unspecified atom stereocenters. The average molecular weight is 346 g/mol. The number of aliphatic imine (C=N–C) groups is 1. The largest absolute Gasteiger partial charge is 0.573 e. The maximum atomic E-state index is 12.4. The summed E-state index contributed by atoms with van der Waals surface area (Å²) >= 11 is 0. The zero-order valence-corrected chi connectivity index (χ0v) is 13.5. The monoisotopic (exact) mass is 346 g/mol. The molecule has 0 aromatic heterocycles. The Morgan fingerprint density at radius 2 is 1.92 bits per heavy atom. The van der Waals surface area contributed by atoms with Crippen LogP contribution in [-0.2, 0) is 11.3 Å². The topological polar surface area (TPSA) is 74.8 Å². The van der Waals surface area contributed by atoms with E-state index < -0.39 is 6.36 Å². The first-order chi connectivity index (χ1) is 11.4. The Morgan fingerprint density at radius 3 is 2.54 bits per heavy atom. The summed E-state index contributed by atoms with van der Waals surface area (Å²) < 4.78 is 41.1. The van der Waals surface area contributed by atoms with Crippen molar-refractivity contribution in [3.8, 4) is 5.75 Å². The van der Waals surface area contributed by atoms with Gasteiger partial charge < -0.3 is 20.7 Å². The van der Waals surface area contributed by atoms with Crippen molar-refractivity contribution >= 4 is 11.9 Å². The predicted octanol–water partition coefficient (Wildman–Crippen LogP) is 1.78. The van der Waals surface area contributed by atoms with Crippen LogP contribution < -0.4 is 20.7 Å². The number of amides is 1. The molecule has 0 fully saturated rings. The van der Waals surface area contributed by atoms with Crippen molar-refractivity contribution in [3.05, 3.63) is 29.8 Å². The molecule has 9 heteroatoms. The van der Waals surface area contributed by atoms with Crippen LogP contribution in [0, 0.1) is 0 Å². The molecule has 24 heavy (non-hydrogen) atoms. The number of rotatable bonds is 7. The number of carbonyl (C=O) groups excluding carboxylic acids is 1. The van der Waals surface area contributed by atoms with Crippen LogP contribution >= 0.6 is 0 Å². The van der Waals surface area contributed by atoms with Gasteiger partial charge in [0, 0.05) is 25.7 Å². The predicted molar refractivity (Wildman–Crippen MR) is 84.6 cm³/mol. The quantitative estimate of drug-likeness (QED) is 0.520. The molecule has 0 bridgehead atoms. The minimum atomic E-state index is -4.76. The molecular formula is C15H21F3N4O2. The van der Waals surface area contributed by atoms with Crippen molar-refractivity contribution in [2.45, 2.75) is 26.3 Å². The van der Waals surface area contributed by atoms with Gasteiger partial charge in [0.2, 0.25) is 5.91 Å². The van der Waals surface area contributed by atoms with E-state index >= 15 is 0 Å². The number of nitrogens with one attached hydrogen (secondary N) is 3. The third-order valence-electron chi connectivity index (χ3n) is 2.86. The fourth-order valence-electron chi connectivity index (χ4n) is 1.76. The van der Waals surface area contributed by atoms with E-state index in [0.717, 1.165) is 6.42 Å². The Hall–Kier alpha value is -2.45. The van der Waals surface area contributed by atoms with Crippen molar-refractivity contribution in [3.63, 3.8) is 0 Å². The SMILES string of the molecule is CCCNC(=O)CNC(=NC)NCc1ccccc1OC(F)(F)F. The molecule has 0 radical (unpaired) electrons. The zero-order chi connectivity index (χ0) is 18.0. The molecule has 0 aliphatic rings. The first-order valence-electron chi connectivity index (χ1n) is 7.40. The van der Waals surface area contributed by atoms with Gasteiger partial charge in [-0.1, -0.05) is 25.1 Å². The first-order valence-corrected chi connectivity index (χ1v) is 7.40. The number of alkyl halides is 3. The second-order valence-electron chi connectivity index (χ2n) is 4.78. The molecule has 0 saturated heterocycles. The number of hydrogen-bond donors (Lipinski definition) is 3. The van der Waals surface area contributed by atoms with Gasteiger partial charge in [0.1, 0.15) is 5.75 Å². The summed E-state index contributed by atoms with van der Waals surface area (Å²) in [5.41, 5.74) is 0.313. The number of halogens is 3. The number of nitrogens with zero attached hydrogens (tertiary/aromatic N) is 1. The summed E-state index contributed by atoms with van der Waals surface area (Å²) in [7, 11) is 1.50. The highest BCUT2D eigenvalue weighted by Crippen LogP contribution is 2.25. The van der Waals surface area contributed by atoms with E-state index in [9.17, 15) is 18.0 Å². The van der Waals surface area contributed by atoms with E-state index in [1.165, 1.54) is 25.2 Å². The van der Waals surface area contributed by atoms with Crippen LogP contribution in [0.25, 0.3) is 0 Å². The minimum absolute atomic E-state index is 0.0143. The van der Waals surface area contributed by atoms with Crippen LogP contribution in [-0.4, -0.2) is 38.4 Å². The molecule has 0 atom stereocenters. The summed E-state index contributed by atoms with van der Waals surface area (Å²) in [5, 5.41) is 8.31. The Morgan fingerprint density at radius 1 is 1.21 bits per heavy atom. The lowest BCUT2D eigenvalue weighted by Gasteiger charge is -2.15. The van der Waals surface area contributed by atoms with Gasteiger partial charge in [-0.05, 0) is 12.5 Å². The lowest BCUT2D eigenvalue weighted by molar-refractivity contribution is -0.274. The first kappa shape index (κ1) is 19.6. The lowest BCUT2D eigenvalue weighted by atomic mass is 10.2. The Labute approximate surface area is 138 Å². The smallest absolute Gasteiger partial charge is 0.405 e. The van der Waals surface area contributed by atoms with Crippen LogP contribution in [0.3, 0.4) is 0 Å². The number of para-hydroxylation sites is 1. The molecule has 0 heterocycles. The zero-order valence-electron chi connectivity index (χ0n) is 13.5. The van der Waals surface area contributed by atoms with Gasteiger partial charge in [0.15, 0.2) is 5.96 Å². The minimum Gasteiger partial charge on any atom is -0.405 e. The van der Waals surface area contributed by atoms with Crippen LogP contribution in [0.15, 0.2) is 29.3 Å². The van der Waals surface area contributed by atoms with Gasteiger partial charge in [-0.2, -0.15) is 0 Å². The molecular weight excluding hydrogens is 325 g/mol. The van der Waals surface area contributed by atoms with Gasteiger partial charge in [-0.25, -0.2) is 0 Å². The molecule has 1 aromatic rings. The number of guanidine groups is 1. The number of benzene rings is 1. The van der Waals surface area contributed by atoms with Gasteiger partial charge in [0.05, 0.1) is 6.54 Å². The molecule has 0 aliphatic heterocycles. The van der Waals surface area contributed by atoms with Crippen molar-refractivity contribution in [2.24, 2.45) is 4.99 Å². The second-order valence-corrected chi connectivity index (χ2v) is 4.78. The lowest BCUT2D eigenvalue weighted by Crippen LogP contribution is -2.43. The fourth-order valence-corrected chi connectivity index (χ4v) is 1.76. The van der Waals surface area contributed by atoms with Crippen LogP contribution in [0.1, 0.15) is 18.9 Å². The van der Waals surface area contributed by atoms with Crippen molar-refractivity contribution in [1.29, 1.82) is 0 Å². The standard InChI is InChI=1S/C15H21F3N4O2/c1-3-8-20-13(23)10-22-14(19-2)21-9-11-6-4-5-7-12(11)24-15(16,17)18/h4-7H,3,8-10H2,1-2H3,(H,20,23)(H2,19,21,22). The van der Waals surface area contributed by atoms with Crippen molar-refractivity contribution in [2.75, 3.05) is 20.1 Å². The molecule has 6 nitrogen and oxygen atoms in total. The number of hydrogen-bond acceptors (Lipinski definition) is 3. The van der Waals surface area contributed by atoms with Crippen molar-refractivity contribution < 1.29 is 22.7 Å². The molecule has 0 spiro atoms. The van der Waals surface area contributed by atoms with Gasteiger partial charge in [-0.3, -0.25) is 9.79 Å². The van der Waals surface area contributed by atoms with E-state index in [1.54, 1.807) is 6.07 Å². The number of ether oxygens (including phenoxy) is 1. The van der Waals surface area contributed by atoms with E-state index in [0.29, 0.717) is 18.1 Å². The van der Waals surface area contributed by atoms with Gasteiger partial charge >= 0.3 is 6.36 Å². The Kier molecular flexibility index (Phi) is 7.87. The van der Waals surface area contributed by atoms with Gasteiger partial charge in [0.25, 0.3) is 0 Å². The summed E-state index contributed by atoms with van der Waals surface area (Å²) in [4.78, 5) is 15.4. The Balaban J connectivity index is 2.56. The van der Waals surface area contributed by atoms with Crippen LogP contribution in [0.5, 0.6) is 5.75 Å². The molecule has 1 aromatic carbocycles. The van der Waals surface area contributed by atoms with E-state index in [1.807, 2.05) is 6.92 Å². The fraction of sp³-hybridized carbons (Fsp3) is 0.467. The Bertz CT molecular complexity index is 562. The molecule has 3 N–H and O–H groups in total. The summed E-state index contributed by atoms with van der Waals surface area (Å²) in [6.07, 6.45) is -3.93. The highest BCUT2D eigenvalue weighted by Gasteiger charge is 2.31. The summed E-state index contributed by atoms with van der Waals surface area (Å²) in [6, 6.07) is 5.80. The summed E-state index contributed by atoms with van der Waals surface area (Å²) in [5.74, 6) is -0.183. The normalized spacial score (nSPS) is 11.8.